The number of aliphatic carboxylic acids is 2. The van der Waals surface area contributed by atoms with Crippen LogP contribution >= 0.6 is 21.6 Å². The first-order valence-corrected chi connectivity index (χ1v) is 11.0. The molecular weight excluding hydrogens is 476 g/mol. The Bertz CT molecular complexity index is 785. The highest BCUT2D eigenvalue weighted by atomic mass is 33.1. The zero-order chi connectivity index (χ0) is 23.8. The first-order valence-electron chi connectivity index (χ1n) is 8.53. The first-order chi connectivity index (χ1) is 14.3. The minimum absolute atomic E-state index is 0.0958. The third-order valence-electron chi connectivity index (χ3n) is 3.77. The lowest BCUT2D eigenvalue weighted by atomic mass is 10.1. The molecule has 2 atom stereocenters. The van der Waals surface area contributed by atoms with Crippen molar-refractivity contribution >= 4 is 39.4 Å². The molecule has 1 aromatic carbocycles. The average molecular weight is 493 g/mol. The number of hydrogen-bond donors (Lipinski definition) is 3. The standard InChI is InChI=1S/C15H16F3NO3S2.C2HF3O2/c16-11-5-8(6-12(17)14(11)18)9-7-10(9)15(22)19-2-4-24-23-3-1-13(20)21;3-2(4,5)1(6)7/h5-6,9-10H,1-4,7H2,(H,19,22)(H,20,21);(H,6,7)/t9-,10+;/m0./s1. The van der Waals surface area contributed by atoms with Gasteiger partial charge in [-0.1, -0.05) is 21.6 Å². The summed E-state index contributed by atoms with van der Waals surface area (Å²) in [5, 5.41) is 18.3. The lowest BCUT2D eigenvalue weighted by Crippen LogP contribution is -2.27. The zero-order valence-electron chi connectivity index (χ0n) is 15.5. The maximum Gasteiger partial charge on any atom is 0.490 e. The van der Waals surface area contributed by atoms with Gasteiger partial charge in [-0.25, -0.2) is 18.0 Å². The van der Waals surface area contributed by atoms with Crippen LogP contribution in [0.2, 0.25) is 0 Å². The molecule has 1 aliphatic rings. The van der Waals surface area contributed by atoms with Crippen molar-refractivity contribution in [2.24, 2.45) is 5.92 Å². The van der Waals surface area contributed by atoms with Crippen molar-refractivity contribution in [3.63, 3.8) is 0 Å². The maximum absolute atomic E-state index is 13.2. The molecule has 1 amide bonds. The fraction of sp³-hybridized carbons (Fsp3) is 0.471. The molecular formula is C17H17F6NO5S2. The number of nitrogens with one attached hydrogen (secondary N) is 1. The van der Waals surface area contributed by atoms with Crippen molar-refractivity contribution in [2.75, 3.05) is 18.1 Å². The molecule has 0 bridgehead atoms. The third-order valence-corrected chi connectivity index (χ3v) is 6.18. The molecule has 14 heteroatoms. The van der Waals surface area contributed by atoms with Crippen molar-refractivity contribution in [1.82, 2.24) is 5.32 Å². The zero-order valence-corrected chi connectivity index (χ0v) is 17.2. The molecule has 1 saturated carbocycles. The summed E-state index contributed by atoms with van der Waals surface area (Å²) >= 11 is 0. The van der Waals surface area contributed by atoms with Gasteiger partial charge in [-0.05, 0) is 30.0 Å². The number of halogens is 6. The minimum atomic E-state index is -5.08. The fourth-order valence-corrected chi connectivity index (χ4v) is 4.12. The quantitative estimate of drug-likeness (QED) is 0.208. The number of alkyl halides is 3. The second-order valence-electron chi connectivity index (χ2n) is 6.13. The molecule has 1 aromatic rings. The van der Waals surface area contributed by atoms with Crippen LogP contribution in [0.1, 0.15) is 24.3 Å². The summed E-state index contributed by atoms with van der Waals surface area (Å²) in [6.45, 7) is 0.429. The Morgan fingerprint density at radius 3 is 2.03 bits per heavy atom. The first kappa shape index (κ1) is 26.9. The van der Waals surface area contributed by atoms with E-state index in [2.05, 4.69) is 5.32 Å². The summed E-state index contributed by atoms with van der Waals surface area (Å²) in [5.41, 5.74) is 0.296. The Kier molecular flexibility index (Phi) is 10.5. The average Bonchev–Trinajstić information content (AvgIpc) is 3.45. The van der Waals surface area contributed by atoms with Gasteiger partial charge in [-0.2, -0.15) is 13.2 Å². The number of rotatable bonds is 9. The highest BCUT2D eigenvalue weighted by molar-refractivity contribution is 8.76. The SMILES string of the molecule is O=C(O)C(F)(F)F.O=C(O)CCSSCCNC(=O)[C@@H]1C[C@H]1c1cc(F)c(F)c(F)c1. The third kappa shape index (κ3) is 9.72. The Balaban J connectivity index is 0.000000592. The number of carbonyl (C=O) groups is 3. The number of carboxylic acid groups (broad SMARTS) is 2. The Morgan fingerprint density at radius 2 is 1.55 bits per heavy atom. The largest absolute Gasteiger partial charge is 0.490 e. The second kappa shape index (κ2) is 12.1. The molecule has 0 spiro atoms. The molecule has 0 radical (unpaired) electrons. The van der Waals surface area contributed by atoms with Crippen LogP contribution in [0, 0.1) is 23.4 Å². The number of carboxylic acids is 2. The van der Waals surface area contributed by atoms with Gasteiger partial charge in [0.05, 0.1) is 6.42 Å². The van der Waals surface area contributed by atoms with Gasteiger partial charge >= 0.3 is 18.1 Å². The van der Waals surface area contributed by atoms with Gasteiger partial charge in [0.25, 0.3) is 0 Å². The molecule has 2 rings (SSSR count). The van der Waals surface area contributed by atoms with E-state index in [4.69, 9.17) is 15.0 Å². The second-order valence-corrected chi connectivity index (χ2v) is 8.83. The normalized spacial score (nSPS) is 17.4. The Labute approximate surface area is 180 Å². The highest BCUT2D eigenvalue weighted by Crippen LogP contribution is 2.48. The van der Waals surface area contributed by atoms with Crippen LogP contribution in [-0.2, 0) is 14.4 Å². The summed E-state index contributed by atoms with van der Waals surface area (Å²) < 4.78 is 71.1. The Hall–Kier alpha value is -2.09. The van der Waals surface area contributed by atoms with Gasteiger partial charge in [0.15, 0.2) is 17.5 Å². The maximum atomic E-state index is 13.2. The topological polar surface area (TPSA) is 104 Å². The predicted molar refractivity (Wildman–Crippen MR) is 101 cm³/mol. The molecule has 0 saturated heterocycles. The van der Waals surface area contributed by atoms with E-state index in [1.165, 1.54) is 21.6 Å². The molecule has 31 heavy (non-hydrogen) atoms. The van der Waals surface area contributed by atoms with Crippen LogP contribution in [-0.4, -0.2) is 52.3 Å². The van der Waals surface area contributed by atoms with E-state index >= 15 is 0 Å². The molecule has 0 unspecified atom stereocenters. The number of hydrogen-bond acceptors (Lipinski definition) is 5. The van der Waals surface area contributed by atoms with Crippen molar-refractivity contribution in [2.45, 2.75) is 24.9 Å². The molecule has 6 nitrogen and oxygen atoms in total. The number of carbonyl (C=O) groups excluding carboxylic acids is 1. The molecule has 174 valence electrons. The van der Waals surface area contributed by atoms with E-state index in [0.717, 1.165) is 12.1 Å². The number of amides is 1. The molecule has 1 fully saturated rings. The van der Waals surface area contributed by atoms with E-state index in [-0.39, 0.29) is 24.2 Å². The molecule has 0 heterocycles. The summed E-state index contributed by atoms with van der Waals surface area (Å²) in [5.74, 6) is -7.28. The van der Waals surface area contributed by atoms with Crippen molar-refractivity contribution in [3.8, 4) is 0 Å². The van der Waals surface area contributed by atoms with Crippen molar-refractivity contribution in [1.29, 1.82) is 0 Å². The van der Waals surface area contributed by atoms with E-state index in [1.54, 1.807) is 0 Å². The van der Waals surface area contributed by atoms with Crippen LogP contribution in [0.15, 0.2) is 12.1 Å². The molecule has 3 N–H and O–H groups in total. The number of benzene rings is 1. The molecule has 1 aliphatic carbocycles. The van der Waals surface area contributed by atoms with Crippen molar-refractivity contribution < 1.29 is 50.9 Å². The van der Waals surface area contributed by atoms with Gasteiger partial charge < -0.3 is 15.5 Å². The smallest absolute Gasteiger partial charge is 0.481 e. The van der Waals surface area contributed by atoms with Gasteiger partial charge in [0, 0.05) is 24.0 Å². The lowest BCUT2D eigenvalue weighted by molar-refractivity contribution is -0.192. The summed E-state index contributed by atoms with van der Waals surface area (Å²) in [6.07, 6.45) is -4.50. The van der Waals surface area contributed by atoms with Crippen LogP contribution in [0.5, 0.6) is 0 Å². The lowest BCUT2D eigenvalue weighted by Gasteiger charge is -2.05. The minimum Gasteiger partial charge on any atom is -0.481 e. The Morgan fingerprint density at radius 1 is 1.03 bits per heavy atom. The van der Waals surface area contributed by atoms with Crippen molar-refractivity contribution in [3.05, 3.63) is 35.1 Å². The summed E-state index contributed by atoms with van der Waals surface area (Å²) in [7, 11) is 2.89. The molecule has 0 aliphatic heterocycles. The van der Waals surface area contributed by atoms with E-state index in [1.807, 2.05) is 0 Å². The summed E-state index contributed by atoms with van der Waals surface area (Å²) in [6, 6.07) is 1.87. The van der Waals surface area contributed by atoms with E-state index < -0.39 is 35.6 Å². The van der Waals surface area contributed by atoms with Crippen LogP contribution in [0.4, 0.5) is 26.3 Å². The van der Waals surface area contributed by atoms with Gasteiger partial charge in [0.2, 0.25) is 5.91 Å². The van der Waals surface area contributed by atoms with Gasteiger partial charge in [-0.15, -0.1) is 0 Å². The van der Waals surface area contributed by atoms with Gasteiger partial charge in [-0.3, -0.25) is 9.59 Å². The molecule has 0 aromatic heterocycles. The van der Waals surface area contributed by atoms with Crippen LogP contribution in [0.3, 0.4) is 0 Å². The van der Waals surface area contributed by atoms with Crippen LogP contribution < -0.4 is 5.32 Å². The van der Waals surface area contributed by atoms with Crippen LogP contribution in [0.25, 0.3) is 0 Å². The van der Waals surface area contributed by atoms with E-state index in [0.29, 0.717) is 30.0 Å². The fourth-order valence-electron chi connectivity index (χ4n) is 2.24. The monoisotopic (exact) mass is 493 g/mol. The van der Waals surface area contributed by atoms with Gasteiger partial charge in [0.1, 0.15) is 0 Å². The summed E-state index contributed by atoms with van der Waals surface area (Å²) in [4.78, 5) is 31.2. The van der Waals surface area contributed by atoms with E-state index in [9.17, 15) is 35.9 Å². The highest BCUT2D eigenvalue weighted by Gasteiger charge is 2.44. The predicted octanol–water partition coefficient (Wildman–Crippen LogP) is 3.81.